The third-order valence-corrected chi connectivity index (χ3v) is 6.80. The highest BCUT2D eigenvalue weighted by Gasteiger charge is 2.41. The highest BCUT2D eigenvalue weighted by Crippen LogP contribution is 2.37. The van der Waals surface area contributed by atoms with Crippen LogP contribution in [-0.4, -0.2) is 50.5 Å². The van der Waals surface area contributed by atoms with Crippen molar-refractivity contribution in [3.8, 4) is 0 Å². The van der Waals surface area contributed by atoms with Crippen molar-refractivity contribution in [2.45, 2.75) is 31.6 Å². The number of Topliss-reactive ketones (excluding diaryl/α,β-unsaturated/α-hetero) is 1. The molecule has 0 saturated carbocycles. The number of rotatable bonds is 2. The fourth-order valence-electron chi connectivity index (χ4n) is 3.61. The molecule has 3 aliphatic heterocycles. The van der Waals surface area contributed by atoms with Gasteiger partial charge in [-0.1, -0.05) is 13.8 Å². The average molecular weight is 347 g/mol. The Morgan fingerprint density at radius 1 is 1.17 bits per heavy atom. The largest absolute Gasteiger partial charge is 0.322 e. The molecule has 7 heteroatoms. The molecule has 1 fully saturated rings. The minimum atomic E-state index is -3.52. The van der Waals surface area contributed by atoms with Crippen molar-refractivity contribution in [3.05, 3.63) is 23.8 Å². The molecule has 0 amide bonds. The zero-order valence-corrected chi connectivity index (χ0v) is 14.8. The van der Waals surface area contributed by atoms with Gasteiger partial charge in [0.25, 0.3) is 0 Å². The zero-order chi connectivity index (χ0) is 17.1. The number of nitrogens with zero attached hydrogens (tertiary/aromatic N) is 3. The molecule has 1 saturated heterocycles. The number of ketones is 1. The summed E-state index contributed by atoms with van der Waals surface area (Å²) in [6.45, 7) is 6.66. The molecule has 3 aliphatic rings. The van der Waals surface area contributed by atoms with Crippen molar-refractivity contribution in [1.82, 2.24) is 4.31 Å². The number of anilines is 1. The summed E-state index contributed by atoms with van der Waals surface area (Å²) in [7, 11) is -3.52. The number of hydrogen-bond donors (Lipinski definition) is 0. The maximum Gasteiger partial charge on any atom is 0.243 e. The summed E-state index contributed by atoms with van der Waals surface area (Å²) in [5.41, 5.74) is 1.21. The normalized spacial score (nSPS) is 23.2. The fourth-order valence-corrected chi connectivity index (χ4v) is 5.16. The topological polar surface area (TPSA) is 70.0 Å². The predicted octanol–water partition coefficient (Wildman–Crippen LogP) is 1.91. The second kappa shape index (κ2) is 5.13. The van der Waals surface area contributed by atoms with Gasteiger partial charge in [0.15, 0.2) is 5.84 Å². The van der Waals surface area contributed by atoms with Crippen molar-refractivity contribution >= 4 is 27.3 Å². The van der Waals surface area contributed by atoms with Crippen LogP contribution >= 0.6 is 0 Å². The summed E-state index contributed by atoms with van der Waals surface area (Å²) >= 11 is 0. The molecular formula is C17H21N3O3S. The quantitative estimate of drug-likeness (QED) is 0.819. The minimum Gasteiger partial charge on any atom is -0.322 e. The summed E-state index contributed by atoms with van der Waals surface area (Å²) in [6.07, 6.45) is 1.78. The van der Waals surface area contributed by atoms with Crippen molar-refractivity contribution in [2.24, 2.45) is 10.4 Å². The van der Waals surface area contributed by atoms with Gasteiger partial charge in [-0.3, -0.25) is 9.79 Å². The third kappa shape index (κ3) is 2.29. The Hall–Kier alpha value is -1.73. The van der Waals surface area contributed by atoms with E-state index in [4.69, 9.17) is 0 Å². The van der Waals surface area contributed by atoms with Gasteiger partial charge in [-0.2, -0.15) is 4.31 Å². The molecule has 3 heterocycles. The van der Waals surface area contributed by atoms with E-state index in [9.17, 15) is 13.2 Å². The molecule has 6 nitrogen and oxygen atoms in total. The van der Waals surface area contributed by atoms with E-state index in [-0.39, 0.29) is 16.1 Å². The summed E-state index contributed by atoms with van der Waals surface area (Å²) in [5.74, 6) is 0.277. The van der Waals surface area contributed by atoms with Crippen LogP contribution in [0.3, 0.4) is 0 Å². The third-order valence-electron chi connectivity index (χ3n) is 4.91. The molecule has 0 N–H and O–H groups in total. The smallest absolute Gasteiger partial charge is 0.243 e. The van der Waals surface area contributed by atoms with Crippen molar-refractivity contribution in [3.63, 3.8) is 0 Å². The Labute approximate surface area is 142 Å². The van der Waals surface area contributed by atoms with Gasteiger partial charge in [0.2, 0.25) is 15.8 Å². The van der Waals surface area contributed by atoms with Gasteiger partial charge < -0.3 is 4.90 Å². The minimum absolute atomic E-state index is 0.00825. The lowest BCUT2D eigenvalue weighted by Crippen LogP contribution is -2.44. The molecule has 0 bridgehead atoms. The van der Waals surface area contributed by atoms with Crippen molar-refractivity contribution in [1.29, 1.82) is 0 Å². The highest BCUT2D eigenvalue weighted by atomic mass is 32.2. The van der Waals surface area contributed by atoms with Crippen LogP contribution in [0.4, 0.5) is 5.69 Å². The highest BCUT2D eigenvalue weighted by molar-refractivity contribution is 7.89. The Morgan fingerprint density at radius 2 is 1.88 bits per heavy atom. The first kappa shape index (κ1) is 15.8. The number of carbonyl (C=O) groups excluding carboxylic acids is 1. The summed E-state index contributed by atoms with van der Waals surface area (Å²) in [4.78, 5) is 19.2. The maximum absolute atomic E-state index is 12.7. The zero-order valence-electron chi connectivity index (χ0n) is 13.9. The van der Waals surface area contributed by atoms with Crippen LogP contribution in [0, 0.1) is 5.41 Å². The van der Waals surface area contributed by atoms with Gasteiger partial charge in [-0.25, -0.2) is 8.42 Å². The predicted molar refractivity (Wildman–Crippen MR) is 92.2 cm³/mol. The van der Waals surface area contributed by atoms with E-state index in [1.807, 2.05) is 4.90 Å². The number of aliphatic imine (C=N–C) groups is 1. The fraction of sp³-hybridized carbons (Fsp3) is 0.529. The van der Waals surface area contributed by atoms with Gasteiger partial charge in [0.05, 0.1) is 16.1 Å². The van der Waals surface area contributed by atoms with E-state index in [0.717, 1.165) is 18.5 Å². The van der Waals surface area contributed by atoms with Crippen molar-refractivity contribution < 1.29 is 13.2 Å². The van der Waals surface area contributed by atoms with Crippen LogP contribution in [0.5, 0.6) is 0 Å². The first-order valence-electron chi connectivity index (χ1n) is 8.31. The molecule has 1 aromatic rings. The maximum atomic E-state index is 12.7. The molecular weight excluding hydrogens is 326 g/mol. The van der Waals surface area contributed by atoms with Crippen LogP contribution in [0.1, 0.15) is 37.0 Å². The number of hydrogen-bond acceptors (Lipinski definition) is 5. The summed E-state index contributed by atoms with van der Waals surface area (Å²) in [6, 6.07) is 4.89. The Bertz CT molecular complexity index is 852. The van der Waals surface area contributed by atoms with E-state index in [1.165, 1.54) is 10.4 Å². The van der Waals surface area contributed by atoms with Gasteiger partial charge in [-0.05, 0) is 31.0 Å². The van der Waals surface area contributed by atoms with E-state index < -0.39 is 10.0 Å². The molecule has 0 aromatic heterocycles. The van der Waals surface area contributed by atoms with Gasteiger partial charge >= 0.3 is 0 Å². The number of sulfonamides is 1. The standard InChI is InChI=1S/C17H21N3O3S/c1-17(2)10-18-16-15(21)13-9-12(5-6-14(13)20(16)11-17)24(22,23)19-7-3-4-8-19/h5-6,9H,3-4,7-8,10-11H2,1-2H3. The molecule has 0 spiro atoms. The molecule has 0 atom stereocenters. The first-order chi connectivity index (χ1) is 11.3. The molecule has 0 radical (unpaired) electrons. The SMILES string of the molecule is CC1(C)CN=C2C(=O)c3cc(S(=O)(=O)N4CCCC4)ccc3N2C1. The molecule has 0 aliphatic carbocycles. The van der Waals surface area contributed by atoms with Gasteiger partial charge in [0.1, 0.15) is 0 Å². The monoisotopic (exact) mass is 347 g/mol. The van der Waals surface area contributed by atoms with Gasteiger partial charge in [0, 0.05) is 31.6 Å². The van der Waals surface area contributed by atoms with Crippen molar-refractivity contribution in [2.75, 3.05) is 31.1 Å². The Kier molecular flexibility index (Phi) is 3.37. The van der Waals surface area contributed by atoms with Crippen LogP contribution in [0.2, 0.25) is 0 Å². The average Bonchev–Trinajstić information content (AvgIpc) is 3.15. The van der Waals surface area contributed by atoms with E-state index in [0.29, 0.717) is 37.6 Å². The lowest BCUT2D eigenvalue weighted by atomic mass is 9.91. The molecule has 4 rings (SSSR count). The van der Waals surface area contributed by atoms with Crippen LogP contribution in [0.25, 0.3) is 0 Å². The molecule has 24 heavy (non-hydrogen) atoms. The van der Waals surface area contributed by atoms with Crippen LogP contribution < -0.4 is 4.90 Å². The molecule has 128 valence electrons. The lowest BCUT2D eigenvalue weighted by molar-refractivity contribution is 0.106. The van der Waals surface area contributed by atoms with Gasteiger partial charge in [-0.15, -0.1) is 0 Å². The number of carbonyl (C=O) groups is 1. The summed E-state index contributed by atoms with van der Waals surface area (Å²) in [5, 5.41) is 0. The molecule has 1 aromatic carbocycles. The Balaban J connectivity index is 1.76. The second-order valence-corrected chi connectivity index (χ2v) is 9.45. The molecule has 0 unspecified atom stereocenters. The number of amidine groups is 1. The number of fused-ring (bicyclic) bond motifs is 3. The van der Waals surface area contributed by atoms with Crippen LogP contribution in [-0.2, 0) is 10.0 Å². The Morgan fingerprint density at radius 3 is 2.58 bits per heavy atom. The number of benzene rings is 1. The van der Waals surface area contributed by atoms with E-state index >= 15 is 0 Å². The van der Waals surface area contributed by atoms with E-state index in [1.54, 1.807) is 12.1 Å². The first-order valence-corrected chi connectivity index (χ1v) is 9.75. The summed E-state index contributed by atoms with van der Waals surface area (Å²) < 4.78 is 27.0. The second-order valence-electron chi connectivity index (χ2n) is 7.51. The lowest BCUT2D eigenvalue weighted by Gasteiger charge is -2.34. The van der Waals surface area contributed by atoms with Crippen LogP contribution in [0.15, 0.2) is 28.1 Å². The van der Waals surface area contributed by atoms with E-state index in [2.05, 4.69) is 18.8 Å².